The summed E-state index contributed by atoms with van der Waals surface area (Å²) < 4.78 is 0.763. The zero-order valence-electron chi connectivity index (χ0n) is 9.01. The number of thiophene rings is 1. The van der Waals surface area contributed by atoms with Crippen LogP contribution in [0.2, 0.25) is 4.34 Å². The number of aromatic nitrogens is 2. The molecular formula is C11H9ClN4S. The molecule has 0 fully saturated rings. The third kappa shape index (κ3) is 2.93. The fourth-order valence-corrected chi connectivity index (χ4v) is 2.38. The average Bonchev–Trinajstić information content (AvgIpc) is 2.77. The maximum Gasteiger partial charge on any atom is 0.158 e. The van der Waals surface area contributed by atoms with Crippen LogP contribution in [0.25, 0.3) is 0 Å². The summed E-state index contributed by atoms with van der Waals surface area (Å²) in [6.07, 6.45) is 2.99. The highest BCUT2D eigenvalue weighted by Crippen LogP contribution is 2.28. The molecule has 0 radical (unpaired) electrons. The van der Waals surface area contributed by atoms with Crippen LogP contribution in [0.5, 0.6) is 0 Å². The molecule has 2 aromatic rings. The highest BCUT2D eigenvalue weighted by Gasteiger charge is 2.08. The zero-order chi connectivity index (χ0) is 12.3. The van der Waals surface area contributed by atoms with Gasteiger partial charge in [-0.3, -0.25) is 0 Å². The van der Waals surface area contributed by atoms with E-state index in [-0.39, 0.29) is 6.04 Å². The van der Waals surface area contributed by atoms with Crippen molar-refractivity contribution in [3.05, 3.63) is 39.4 Å². The minimum atomic E-state index is 0.106. The van der Waals surface area contributed by atoms with Gasteiger partial charge in [-0.15, -0.1) is 11.3 Å². The van der Waals surface area contributed by atoms with Crippen molar-refractivity contribution in [1.82, 2.24) is 9.97 Å². The number of anilines is 1. The minimum Gasteiger partial charge on any atom is -0.361 e. The average molecular weight is 265 g/mol. The van der Waals surface area contributed by atoms with Gasteiger partial charge in [-0.25, -0.2) is 9.97 Å². The number of nitriles is 1. The van der Waals surface area contributed by atoms with Crippen molar-refractivity contribution < 1.29 is 0 Å². The molecule has 2 rings (SSSR count). The lowest BCUT2D eigenvalue weighted by Gasteiger charge is -2.11. The van der Waals surface area contributed by atoms with Gasteiger partial charge in [-0.1, -0.05) is 11.6 Å². The Bertz CT molecular complexity index is 543. The van der Waals surface area contributed by atoms with E-state index in [4.69, 9.17) is 16.9 Å². The van der Waals surface area contributed by atoms with Gasteiger partial charge < -0.3 is 5.32 Å². The molecule has 0 spiro atoms. The molecule has 0 saturated carbocycles. The normalized spacial score (nSPS) is 11.8. The van der Waals surface area contributed by atoms with E-state index >= 15 is 0 Å². The third-order valence-electron chi connectivity index (χ3n) is 2.15. The van der Waals surface area contributed by atoms with E-state index in [0.717, 1.165) is 9.21 Å². The first-order valence-corrected chi connectivity index (χ1v) is 6.12. The summed E-state index contributed by atoms with van der Waals surface area (Å²) in [6, 6.07) is 5.87. The number of nitrogens with one attached hydrogen (secondary N) is 1. The first-order chi connectivity index (χ1) is 8.19. The summed E-state index contributed by atoms with van der Waals surface area (Å²) in [7, 11) is 0. The van der Waals surface area contributed by atoms with Gasteiger partial charge in [0.05, 0.1) is 22.8 Å². The predicted molar refractivity (Wildman–Crippen MR) is 68.1 cm³/mol. The number of rotatable bonds is 3. The molecule has 0 aliphatic heterocycles. The molecule has 1 unspecified atom stereocenters. The number of hydrogen-bond acceptors (Lipinski definition) is 5. The molecule has 2 heterocycles. The number of hydrogen-bond donors (Lipinski definition) is 1. The van der Waals surface area contributed by atoms with E-state index in [1.807, 2.05) is 25.1 Å². The molecule has 0 bridgehead atoms. The summed E-state index contributed by atoms with van der Waals surface area (Å²) in [4.78, 5) is 9.16. The van der Waals surface area contributed by atoms with Gasteiger partial charge in [0.1, 0.15) is 11.9 Å². The SMILES string of the molecule is CC(Nc1cnc(C#N)cn1)c1ccc(Cl)s1. The summed E-state index contributed by atoms with van der Waals surface area (Å²) in [6.45, 7) is 2.02. The van der Waals surface area contributed by atoms with E-state index in [9.17, 15) is 0 Å². The largest absolute Gasteiger partial charge is 0.361 e. The van der Waals surface area contributed by atoms with Crippen LogP contribution in [0.15, 0.2) is 24.5 Å². The molecule has 2 aromatic heterocycles. The molecule has 4 nitrogen and oxygen atoms in total. The molecule has 0 amide bonds. The summed E-state index contributed by atoms with van der Waals surface area (Å²) in [5.74, 6) is 0.640. The first-order valence-electron chi connectivity index (χ1n) is 4.93. The third-order valence-corrected chi connectivity index (χ3v) is 3.57. The Hall–Kier alpha value is -1.64. The Morgan fingerprint density at radius 3 is 2.76 bits per heavy atom. The molecule has 17 heavy (non-hydrogen) atoms. The molecule has 1 atom stereocenters. The number of halogens is 1. The van der Waals surface area contributed by atoms with Crippen molar-refractivity contribution in [3.8, 4) is 6.07 Å². The molecule has 0 saturated heterocycles. The van der Waals surface area contributed by atoms with Crippen LogP contribution in [0, 0.1) is 11.3 Å². The van der Waals surface area contributed by atoms with Crippen LogP contribution in [0.3, 0.4) is 0 Å². The fourth-order valence-electron chi connectivity index (χ4n) is 1.31. The number of nitrogens with zero attached hydrogens (tertiary/aromatic N) is 3. The monoisotopic (exact) mass is 264 g/mol. The van der Waals surface area contributed by atoms with Crippen LogP contribution in [-0.2, 0) is 0 Å². The molecule has 0 aliphatic carbocycles. The summed E-state index contributed by atoms with van der Waals surface area (Å²) in [5, 5.41) is 11.8. The Kier molecular flexibility index (Phi) is 3.57. The molecule has 1 N–H and O–H groups in total. The van der Waals surface area contributed by atoms with Crippen molar-refractivity contribution in [2.75, 3.05) is 5.32 Å². The Balaban J connectivity index is 2.08. The van der Waals surface area contributed by atoms with Crippen LogP contribution in [0.1, 0.15) is 23.5 Å². The highest BCUT2D eigenvalue weighted by molar-refractivity contribution is 7.16. The van der Waals surface area contributed by atoms with Gasteiger partial charge in [-0.05, 0) is 19.1 Å². The Morgan fingerprint density at radius 2 is 2.24 bits per heavy atom. The van der Waals surface area contributed by atoms with E-state index in [1.54, 1.807) is 6.20 Å². The van der Waals surface area contributed by atoms with Crippen LogP contribution >= 0.6 is 22.9 Å². The topological polar surface area (TPSA) is 61.6 Å². The smallest absolute Gasteiger partial charge is 0.158 e. The van der Waals surface area contributed by atoms with Crippen LogP contribution < -0.4 is 5.32 Å². The lowest BCUT2D eigenvalue weighted by molar-refractivity contribution is 0.891. The second kappa shape index (κ2) is 5.13. The predicted octanol–water partition coefficient (Wildman–Crippen LogP) is 3.24. The minimum absolute atomic E-state index is 0.106. The molecule has 0 aromatic carbocycles. The fraction of sp³-hybridized carbons (Fsp3) is 0.182. The second-order valence-corrected chi connectivity index (χ2v) is 5.15. The standard InChI is InChI=1S/C11H9ClN4S/c1-7(9-2-3-10(12)17-9)16-11-6-14-8(4-13)5-15-11/h2-3,5-7H,1H3,(H,15,16). The van der Waals surface area contributed by atoms with E-state index in [0.29, 0.717) is 11.5 Å². The second-order valence-electron chi connectivity index (χ2n) is 3.41. The van der Waals surface area contributed by atoms with Gasteiger partial charge >= 0.3 is 0 Å². The van der Waals surface area contributed by atoms with Crippen molar-refractivity contribution in [2.45, 2.75) is 13.0 Å². The van der Waals surface area contributed by atoms with Crippen molar-refractivity contribution in [3.63, 3.8) is 0 Å². The Morgan fingerprint density at radius 1 is 1.41 bits per heavy atom. The molecule has 0 aliphatic rings. The van der Waals surface area contributed by atoms with Crippen LogP contribution in [0.4, 0.5) is 5.82 Å². The van der Waals surface area contributed by atoms with Gasteiger partial charge in [0.2, 0.25) is 0 Å². The highest BCUT2D eigenvalue weighted by atomic mass is 35.5. The van der Waals surface area contributed by atoms with Crippen LogP contribution in [-0.4, -0.2) is 9.97 Å². The zero-order valence-corrected chi connectivity index (χ0v) is 10.6. The summed E-state index contributed by atoms with van der Waals surface area (Å²) in [5.41, 5.74) is 0.308. The van der Waals surface area contributed by atoms with Crippen molar-refractivity contribution in [2.24, 2.45) is 0 Å². The quantitative estimate of drug-likeness (QED) is 0.924. The lowest BCUT2D eigenvalue weighted by Crippen LogP contribution is -2.06. The molecular weight excluding hydrogens is 256 g/mol. The maximum atomic E-state index is 8.61. The molecule has 86 valence electrons. The van der Waals surface area contributed by atoms with E-state index in [1.165, 1.54) is 17.5 Å². The lowest BCUT2D eigenvalue weighted by atomic mass is 10.3. The maximum absolute atomic E-state index is 8.61. The van der Waals surface area contributed by atoms with Gasteiger partial charge in [-0.2, -0.15) is 5.26 Å². The summed E-state index contributed by atoms with van der Waals surface area (Å²) >= 11 is 7.40. The van der Waals surface area contributed by atoms with Gasteiger partial charge in [0.25, 0.3) is 0 Å². The molecule has 6 heteroatoms. The van der Waals surface area contributed by atoms with Gasteiger partial charge in [0, 0.05) is 4.88 Å². The van der Waals surface area contributed by atoms with Crippen molar-refractivity contribution >= 4 is 28.8 Å². The van der Waals surface area contributed by atoms with E-state index < -0.39 is 0 Å². The van der Waals surface area contributed by atoms with E-state index in [2.05, 4.69) is 15.3 Å². The van der Waals surface area contributed by atoms with Gasteiger partial charge in [0.15, 0.2) is 5.69 Å². The first kappa shape index (κ1) is 11.8. The van der Waals surface area contributed by atoms with Crippen molar-refractivity contribution in [1.29, 1.82) is 5.26 Å². The Labute approximate surface area is 108 Å².